The summed E-state index contributed by atoms with van der Waals surface area (Å²) in [5, 5.41) is 0. The van der Waals surface area contributed by atoms with Crippen molar-refractivity contribution in [3.63, 3.8) is 0 Å². The second-order valence-corrected chi connectivity index (χ2v) is 3.37. The molecule has 0 aliphatic heterocycles. The fourth-order valence-electron chi connectivity index (χ4n) is 1.14. The standard InChI is InChI=1S/C9H21N5/c1-3-4-5-6-7(2)13-9(12)14-8(10)11/h7H,3-6H2,1-2H3,(H6,10,11,12,13,14). The van der Waals surface area contributed by atoms with E-state index < -0.39 is 0 Å². The molecule has 5 nitrogen and oxygen atoms in total. The molecule has 1 atom stereocenters. The summed E-state index contributed by atoms with van der Waals surface area (Å²) in [4.78, 5) is 7.78. The van der Waals surface area contributed by atoms with Gasteiger partial charge in [0.1, 0.15) is 0 Å². The van der Waals surface area contributed by atoms with E-state index in [-0.39, 0.29) is 18.0 Å². The lowest BCUT2D eigenvalue weighted by molar-refractivity contribution is 0.593. The lowest BCUT2D eigenvalue weighted by atomic mass is 10.1. The molecule has 0 fully saturated rings. The van der Waals surface area contributed by atoms with Crippen LogP contribution < -0.4 is 17.2 Å². The smallest absolute Gasteiger partial charge is 0.218 e. The van der Waals surface area contributed by atoms with Crippen LogP contribution in [-0.4, -0.2) is 18.0 Å². The van der Waals surface area contributed by atoms with Gasteiger partial charge in [0.15, 0.2) is 5.96 Å². The van der Waals surface area contributed by atoms with Gasteiger partial charge >= 0.3 is 0 Å². The van der Waals surface area contributed by atoms with Crippen molar-refractivity contribution in [1.29, 1.82) is 0 Å². The summed E-state index contributed by atoms with van der Waals surface area (Å²) in [6.45, 7) is 4.17. The first-order valence-electron chi connectivity index (χ1n) is 4.99. The van der Waals surface area contributed by atoms with Crippen molar-refractivity contribution in [1.82, 2.24) is 0 Å². The number of hydrogen-bond donors (Lipinski definition) is 3. The highest BCUT2D eigenvalue weighted by Gasteiger charge is 1.99. The van der Waals surface area contributed by atoms with Gasteiger partial charge in [0, 0.05) is 0 Å². The maximum absolute atomic E-state index is 5.48. The zero-order valence-corrected chi connectivity index (χ0v) is 9.03. The summed E-state index contributed by atoms with van der Waals surface area (Å²) in [7, 11) is 0. The summed E-state index contributed by atoms with van der Waals surface area (Å²) in [6, 6.07) is 0.185. The van der Waals surface area contributed by atoms with Crippen LogP contribution in [-0.2, 0) is 0 Å². The van der Waals surface area contributed by atoms with Gasteiger partial charge in [-0.05, 0) is 13.3 Å². The van der Waals surface area contributed by atoms with Crippen LogP contribution in [0.15, 0.2) is 9.98 Å². The van der Waals surface area contributed by atoms with Crippen molar-refractivity contribution in [2.45, 2.75) is 45.6 Å². The van der Waals surface area contributed by atoms with E-state index in [4.69, 9.17) is 17.2 Å². The first kappa shape index (κ1) is 12.7. The minimum Gasteiger partial charge on any atom is -0.370 e. The van der Waals surface area contributed by atoms with E-state index in [9.17, 15) is 0 Å². The summed E-state index contributed by atoms with van der Waals surface area (Å²) >= 11 is 0. The molecular formula is C9H21N5. The maximum Gasteiger partial charge on any atom is 0.218 e. The Balaban J connectivity index is 3.89. The summed E-state index contributed by atoms with van der Waals surface area (Å²) < 4.78 is 0. The summed E-state index contributed by atoms with van der Waals surface area (Å²) in [6.07, 6.45) is 4.62. The van der Waals surface area contributed by atoms with Gasteiger partial charge in [-0.15, -0.1) is 0 Å². The molecule has 0 aromatic rings. The Morgan fingerprint density at radius 1 is 1.21 bits per heavy atom. The molecule has 1 unspecified atom stereocenters. The molecule has 0 aromatic heterocycles. The first-order valence-corrected chi connectivity index (χ1v) is 4.99. The molecule has 0 amide bonds. The fraction of sp³-hybridized carbons (Fsp3) is 0.778. The minimum absolute atomic E-state index is 0.0491. The largest absolute Gasteiger partial charge is 0.370 e. The molecule has 0 saturated carbocycles. The van der Waals surface area contributed by atoms with E-state index in [1.54, 1.807) is 0 Å². The van der Waals surface area contributed by atoms with Gasteiger partial charge in [-0.1, -0.05) is 26.2 Å². The van der Waals surface area contributed by atoms with Crippen molar-refractivity contribution >= 4 is 11.9 Å². The van der Waals surface area contributed by atoms with Crippen molar-refractivity contribution in [3.8, 4) is 0 Å². The molecule has 0 bridgehead atoms. The predicted octanol–water partition coefficient (Wildman–Crippen LogP) is 0.543. The van der Waals surface area contributed by atoms with Gasteiger partial charge in [0.2, 0.25) is 5.96 Å². The lowest BCUT2D eigenvalue weighted by Crippen LogP contribution is -2.27. The normalized spacial score (nSPS) is 13.7. The Hall–Kier alpha value is -1.26. The highest BCUT2D eigenvalue weighted by Crippen LogP contribution is 2.05. The van der Waals surface area contributed by atoms with E-state index in [1.807, 2.05) is 6.92 Å². The SMILES string of the molecule is CCCCCC(C)N=C(N)N=C(N)N. The monoisotopic (exact) mass is 199 g/mol. The molecule has 14 heavy (non-hydrogen) atoms. The molecule has 0 radical (unpaired) electrons. The quantitative estimate of drug-likeness (QED) is 0.342. The molecule has 82 valence electrons. The number of unbranched alkanes of at least 4 members (excludes halogenated alkanes) is 2. The van der Waals surface area contributed by atoms with Gasteiger partial charge in [0.05, 0.1) is 6.04 Å². The maximum atomic E-state index is 5.48. The van der Waals surface area contributed by atoms with Crippen LogP contribution in [0, 0.1) is 0 Å². The molecular weight excluding hydrogens is 178 g/mol. The average Bonchev–Trinajstić information content (AvgIpc) is 2.02. The van der Waals surface area contributed by atoms with E-state index in [1.165, 1.54) is 12.8 Å². The topological polar surface area (TPSA) is 103 Å². The highest BCUT2D eigenvalue weighted by molar-refractivity contribution is 5.92. The van der Waals surface area contributed by atoms with Crippen molar-refractivity contribution in [2.24, 2.45) is 27.2 Å². The third kappa shape index (κ3) is 7.39. The molecule has 0 aliphatic carbocycles. The van der Waals surface area contributed by atoms with Gasteiger partial charge in [0.25, 0.3) is 0 Å². The molecule has 0 aromatic carbocycles. The van der Waals surface area contributed by atoms with Crippen molar-refractivity contribution in [2.75, 3.05) is 0 Å². The zero-order valence-electron chi connectivity index (χ0n) is 9.03. The molecule has 0 heterocycles. The second kappa shape index (κ2) is 7.17. The lowest BCUT2D eigenvalue weighted by Gasteiger charge is -2.05. The third-order valence-electron chi connectivity index (χ3n) is 1.82. The summed E-state index contributed by atoms with van der Waals surface area (Å²) in [5.74, 6) is 0.112. The van der Waals surface area contributed by atoms with Crippen LogP contribution in [0.1, 0.15) is 39.5 Å². The highest BCUT2D eigenvalue weighted by atomic mass is 15.1. The van der Waals surface area contributed by atoms with Crippen molar-refractivity contribution in [3.05, 3.63) is 0 Å². The number of hydrogen-bond acceptors (Lipinski definition) is 1. The Morgan fingerprint density at radius 3 is 2.36 bits per heavy atom. The Labute approximate surface area is 85.5 Å². The van der Waals surface area contributed by atoms with E-state index in [2.05, 4.69) is 16.9 Å². The zero-order chi connectivity index (χ0) is 11.0. The molecule has 5 heteroatoms. The molecule has 6 N–H and O–H groups in total. The van der Waals surface area contributed by atoms with Crippen LogP contribution in [0.25, 0.3) is 0 Å². The van der Waals surface area contributed by atoms with Gasteiger partial charge in [-0.3, -0.25) is 0 Å². The molecule has 0 saturated heterocycles. The molecule has 0 spiro atoms. The molecule has 0 aliphatic rings. The Morgan fingerprint density at radius 2 is 1.86 bits per heavy atom. The van der Waals surface area contributed by atoms with E-state index in [0.717, 1.165) is 12.8 Å². The minimum atomic E-state index is -0.0491. The van der Waals surface area contributed by atoms with Crippen LogP contribution in [0.4, 0.5) is 0 Å². The van der Waals surface area contributed by atoms with Crippen molar-refractivity contribution < 1.29 is 0 Å². The van der Waals surface area contributed by atoms with E-state index >= 15 is 0 Å². The second-order valence-electron chi connectivity index (χ2n) is 3.37. The number of nitrogens with two attached hydrogens (primary N) is 3. The summed E-state index contributed by atoms with van der Waals surface area (Å²) in [5.41, 5.74) is 15.8. The Bertz CT molecular complexity index is 205. The van der Waals surface area contributed by atoms with Gasteiger partial charge in [-0.25, -0.2) is 4.99 Å². The van der Waals surface area contributed by atoms with Gasteiger partial charge in [-0.2, -0.15) is 4.99 Å². The molecule has 0 rings (SSSR count). The number of guanidine groups is 2. The van der Waals surface area contributed by atoms with E-state index in [0.29, 0.717) is 0 Å². The Kier molecular flexibility index (Phi) is 6.53. The number of rotatable bonds is 5. The fourth-order valence-corrected chi connectivity index (χ4v) is 1.14. The van der Waals surface area contributed by atoms with Crippen LogP contribution in [0.2, 0.25) is 0 Å². The van der Waals surface area contributed by atoms with Crippen LogP contribution in [0.3, 0.4) is 0 Å². The van der Waals surface area contributed by atoms with Gasteiger partial charge < -0.3 is 17.2 Å². The predicted molar refractivity (Wildman–Crippen MR) is 61.0 cm³/mol. The first-order chi connectivity index (χ1) is 6.56. The van der Waals surface area contributed by atoms with Crippen LogP contribution >= 0.6 is 0 Å². The average molecular weight is 199 g/mol. The van der Waals surface area contributed by atoms with Crippen LogP contribution in [0.5, 0.6) is 0 Å². The third-order valence-corrected chi connectivity index (χ3v) is 1.82. The number of nitrogens with zero attached hydrogens (tertiary/aromatic N) is 2. The number of aliphatic imine (C=N–C) groups is 2.